The summed E-state index contributed by atoms with van der Waals surface area (Å²) in [6.45, 7) is -0.159. The van der Waals surface area contributed by atoms with Crippen molar-refractivity contribution in [2.75, 3.05) is 25.5 Å². The molecule has 2 atom stereocenters. The number of pyridine rings is 1. The second-order valence-electron chi connectivity index (χ2n) is 7.88. The van der Waals surface area contributed by atoms with Gasteiger partial charge >= 0.3 is 0 Å². The Kier molecular flexibility index (Phi) is 6.59. The Balaban J connectivity index is 1.37. The Hall–Kier alpha value is -4.59. The second-order valence-corrected chi connectivity index (χ2v) is 7.88. The number of hydrogen-bond donors (Lipinski definition) is 1. The predicted molar refractivity (Wildman–Crippen MR) is 120 cm³/mol. The van der Waals surface area contributed by atoms with Crippen molar-refractivity contribution >= 4 is 23.4 Å². The summed E-state index contributed by atoms with van der Waals surface area (Å²) in [5, 5.41) is 20.1. The molecule has 3 aromatic rings. The summed E-state index contributed by atoms with van der Waals surface area (Å²) in [4.78, 5) is 45.0. The van der Waals surface area contributed by atoms with Gasteiger partial charge in [0.15, 0.2) is 11.5 Å². The van der Waals surface area contributed by atoms with E-state index in [1.807, 2.05) is 6.07 Å². The monoisotopic (exact) mass is 458 g/mol. The summed E-state index contributed by atoms with van der Waals surface area (Å²) in [6.07, 6.45) is 3.26. The smallest absolute Gasteiger partial charge is 0.276 e. The molecule has 3 heterocycles. The van der Waals surface area contributed by atoms with Gasteiger partial charge in [0.05, 0.1) is 24.7 Å². The number of anilines is 1. The van der Waals surface area contributed by atoms with E-state index in [9.17, 15) is 19.6 Å². The van der Waals surface area contributed by atoms with Crippen LogP contribution in [0.25, 0.3) is 5.82 Å². The fraction of sp³-hybridized carbons (Fsp3) is 0.261. The van der Waals surface area contributed by atoms with Gasteiger partial charge < -0.3 is 15.1 Å². The quantitative estimate of drug-likeness (QED) is 0.584. The van der Waals surface area contributed by atoms with Crippen molar-refractivity contribution in [3.05, 3.63) is 66.6 Å². The van der Waals surface area contributed by atoms with Crippen molar-refractivity contribution in [3.8, 4) is 11.9 Å². The first kappa shape index (κ1) is 22.6. The van der Waals surface area contributed by atoms with Crippen LogP contribution in [0.4, 0.5) is 5.69 Å². The van der Waals surface area contributed by atoms with Gasteiger partial charge in [0, 0.05) is 25.5 Å². The van der Waals surface area contributed by atoms with E-state index >= 15 is 0 Å². The van der Waals surface area contributed by atoms with Crippen LogP contribution in [0.1, 0.15) is 16.9 Å². The van der Waals surface area contributed by atoms with Crippen molar-refractivity contribution in [3.63, 3.8) is 0 Å². The van der Waals surface area contributed by atoms with Gasteiger partial charge in [0.25, 0.3) is 5.91 Å². The third-order valence-corrected chi connectivity index (χ3v) is 5.50. The van der Waals surface area contributed by atoms with Crippen LogP contribution in [0.3, 0.4) is 0 Å². The van der Waals surface area contributed by atoms with Crippen LogP contribution in [-0.4, -0.2) is 73.7 Å². The minimum Gasteiger partial charge on any atom is -0.331 e. The molecule has 3 amide bonds. The van der Waals surface area contributed by atoms with Crippen LogP contribution in [0.2, 0.25) is 0 Å². The minimum absolute atomic E-state index is 0.0549. The highest BCUT2D eigenvalue weighted by Gasteiger charge is 2.39. The van der Waals surface area contributed by atoms with Crippen molar-refractivity contribution in [2.24, 2.45) is 5.92 Å². The largest absolute Gasteiger partial charge is 0.331 e. The van der Waals surface area contributed by atoms with E-state index in [0.29, 0.717) is 11.5 Å². The van der Waals surface area contributed by atoms with Gasteiger partial charge in [-0.2, -0.15) is 5.26 Å². The van der Waals surface area contributed by atoms with E-state index in [1.165, 1.54) is 27.7 Å². The van der Waals surface area contributed by atoms with Crippen molar-refractivity contribution in [2.45, 2.75) is 12.5 Å². The minimum atomic E-state index is -0.743. The molecule has 11 heteroatoms. The molecule has 0 spiro atoms. The summed E-state index contributed by atoms with van der Waals surface area (Å²) in [5.41, 5.74) is 0.703. The number of nitriles is 1. The zero-order valence-corrected chi connectivity index (χ0v) is 18.4. The number of aromatic nitrogens is 4. The Morgan fingerprint density at radius 2 is 1.94 bits per heavy atom. The van der Waals surface area contributed by atoms with Gasteiger partial charge in [-0.3, -0.25) is 14.4 Å². The highest BCUT2D eigenvalue weighted by Crippen LogP contribution is 2.25. The Morgan fingerprint density at radius 1 is 1.18 bits per heavy atom. The molecule has 0 bridgehead atoms. The number of carbonyl (C=O) groups excluding carboxylic acids is 3. The molecule has 0 aliphatic carbocycles. The molecule has 1 aliphatic heterocycles. The SMILES string of the molecule is CN(CC(=O)N1CC(C(=O)Nc2ccccc2)CC1C#N)C(=O)c1cn(-c2ccccn2)nn1. The Bertz CT molecular complexity index is 1220. The summed E-state index contributed by atoms with van der Waals surface area (Å²) >= 11 is 0. The number of amides is 3. The van der Waals surface area contributed by atoms with Crippen LogP contribution in [0.15, 0.2) is 60.9 Å². The van der Waals surface area contributed by atoms with Crippen LogP contribution >= 0.6 is 0 Å². The number of carbonyl (C=O) groups is 3. The van der Waals surface area contributed by atoms with Crippen molar-refractivity contribution in [1.29, 1.82) is 5.26 Å². The molecule has 11 nitrogen and oxygen atoms in total. The average molecular weight is 458 g/mol. The van der Waals surface area contributed by atoms with Crippen molar-refractivity contribution < 1.29 is 14.4 Å². The zero-order chi connectivity index (χ0) is 24.1. The summed E-state index contributed by atoms with van der Waals surface area (Å²) < 4.78 is 1.37. The Morgan fingerprint density at radius 3 is 2.65 bits per heavy atom. The third kappa shape index (κ3) is 4.91. The number of hydrogen-bond acceptors (Lipinski definition) is 7. The average Bonchev–Trinajstić information content (AvgIpc) is 3.52. The van der Waals surface area contributed by atoms with E-state index in [1.54, 1.807) is 48.7 Å². The number of nitrogens with zero attached hydrogens (tertiary/aromatic N) is 7. The lowest BCUT2D eigenvalue weighted by molar-refractivity contribution is -0.131. The lowest BCUT2D eigenvalue weighted by Crippen LogP contribution is -2.43. The standard InChI is InChI=1S/C23H22N8O3/c1-29(23(34)19-14-31(28-27-19)20-9-5-6-10-25-20)15-21(32)30-13-16(11-18(30)12-24)22(33)26-17-7-3-2-4-8-17/h2-10,14,16,18H,11,13,15H2,1H3,(H,26,33). The van der Waals surface area contributed by atoms with Gasteiger partial charge in [-0.15, -0.1) is 5.10 Å². The predicted octanol–water partition coefficient (Wildman–Crippen LogP) is 1.11. The molecule has 0 saturated carbocycles. The molecule has 172 valence electrons. The molecule has 1 aliphatic rings. The maximum atomic E-state index is 12.9. The summed E-state index contributed by atoms with van der Waals surface area (Å²) in [7, 11) is 1.47. The molecule has 2 aromatic heterocycles. The molecule has 2 unspecified atom stereocenters. The molecule has 1 saturated heterocycles. The maximum absolute atomic E-state index is 12.9. The first-order valence-corrected chi connectivity index (χ1v) is 10.6. The number of likely N-dealkylation sites (N-methyl/N-ethyl adjacent to an activating group) is 1. The van der Waals surface area contributed by atoms with Crippen LogP contribution in [-0.2, 0) is 9.59 Å². The molecule has 1 fully saturated rings. The van der Waals surface area contributed by atoms with Gasteiger partial charge in [0.1, 0.15) is 6.04 Å². The highest BCUT2D eigenvalue weighted by molar-refractivity contribution is 5.96. The van der Waals surface area contributed by atoms with E-state index in [-0.39, 0.29) is 31.1 Å². The van der Waals surface area contributed by atoms with E-state index in [4.69, 9.17) is 0 Å². The second kappa shape index (κ2) is 9.91. The lowest BCUT2D eigenvalue weighted by Gasteiger charge is -2.23. The highest BCUT2D eigenvalue weighted by atomic mass is 16.2. The maximum Gasteiger partial charge on any atom is 0.276 e. The van der Waals surface area contributed by atoms with Crippen LogP contribution in [0, 0.1) is 17.2 Å². The van der Waals surface area contributed by atoms with E-state index in [2.05, 4.69) is 26.7 Å². The fourth-order valence-corrected chi connectivity index (χ4v) is 3.71. The van der Waals surface area contributed by atoms with Gasteiger partial charge in [-0.1, -0.05) is 29.5 Å². The molecule has 34 heavy (non-hydrogen) atoms. The molecule has 4 rings (SSSR count). The summed E-state index contributed by atoms with van der Waals surface area (Å²) in [6, 6.07) is 15.6. The van der Waals surface area contributed by atoms with Crippen LogP contribution < -0.4 is 5.32 Å². The molecule has 1 N–H and O–H groups in total. The molecule has 0 radical (unpaired) electrons. The van der Waals surface area contributed by atoms with Crippen molar-refractivity contribution in [1.82, 2.24) is 29.8 Å². The zero-order valence-electron chi connectivity index (χ0n) is 18.4. The molecular formula is C23H22N8O3. The Labute approximate surface area is 195 Å². The van der Waals surface area contributed by atoms with Crippen LogP contribution in [0.5, 0.6) is 0 Å². The van der Waals surface area contributed by atoms with E-state index in [0.717, 1.165) is 0 Å². The number of para-hydroxylation sites is 1. The van der Waals surface area contributed by atoms with Gasteiger partial charge in [0.2, 0.25) is 11.8 Å². The first-order chi connectivity index (χ1) is 16.5. The number of rotatable bonds is 6. The molecule has 1 aromatic carbocycles. The third-order valence-electron chi connectivity index (χ3n) is 5.50. The number of nitrogens with one attached hydrogen (secondary N) is 1. The van der Waals surface area contributed by atoms with Gasteiger partial charge in [-0.05, 0) is 30.7 Å². The first-order valence-electron chi connectivity index (χ1n) is 10.6. The van der Waals surface area contributed by atoms with E-state index < -0.39 is 23.8 Å². The van der Waals surface area contributed by atoms with Gasteiger partial charge in [-0.25, -0.2) is 9.67 Å². The molecular weight excluding hydrogens is 436 g/mol. The topological polar surface area (TPSA) is 137 Å². The normalized spacial score (nSPS) is 17.1. The lowest BCUT2D eigenvalue weighted by atomic mass is 10.1. The summed E-state index contributed by atoms with van der Waals surface area (Å²) in [5.74, 6) is -1.19. The number of likely N-dealkylation sites (tertiary alicyclic amines) is 1. The number of benzene rings is 1. The fourth-order valence-electron chi connectivity index (χ4n) is 3.71.